The molecule has 0 aromatic carbocycles. The minimum atomic E-state index is -0.124. The zero-order valence-corrected chi connectivity index (χ0v) is 9.95. The van der Waals surface area contributed by atoms with Crippen LogP contribution in [0.5, 0.6) is 0 Å². The van der Waals surface area contributed by atoms with E-state index in [-0.39, 0.29) is 24.6 Å². The molecule has 3 heteroatoms. The second kappa shape index (κ2) is 6.36. The summed E-state index contributed by atoms with van der Waals surface area (Å²) in [5.41, 5.74) is 0. The molecule has 1 saturated carbocycles. The average Bonchev–Trinajstić information content (AvgIpc) is 2.38. The van der Waals surface area contributed by atoms with Crippen LogP contribution in [0.3, 0.4) is 0 Å². The first-order valence-electron chi connectivity index (χ1n) is 6.62. The van der Waals surface area contributed by atoms with Gasteiger partial charge in [0, 0.05) is 12.5 Å². The van der Waals surface area contributed by atoms with Gasteiger partial charge in [-0.15, -0.1) is 0 Å². The first-order chi connectivity index (χ1) is 7.86. The van der Waals surface area contributed by atoms with Gasteiger partial charge < -0.3 is 9.47 Å². The molecule has 3 nitrogen and oxygen atoms in total. The highest BCUT2D eigenvalue weighted by molar-refractivity contribution is 5.82. The lowest BCUT2D eigenvalue weighted by Gasteiger charge is -2.24. The maximum absolute atomic E-state index is 11.9. The van der Waals surface area contributed by atoms with Gasteiger partial charge in [-0.3, -0.25) is 4.79 Å². The molecule has 16 heavy (non-hydrogen) atoms. The summed E-state index contributed by atoms with van der Waals surface area (Å²) in [4.78, 5) is 11.9. The van der Waals surface area contributed by atoms with Crippen molar-refractivity contribution in [1.29, 1.82) is 0 Å². The van der Waals surface area contributed by atoms with Crippen molar-refractivity contribution in [2.45, 2.75) is 57.7 Å². The largest absolute Gasteiger partial charge is 0.353 e. The van der Waals surface area contributed by atoms with Crippen molar-refractivity contribution in [2.75, 3.05) is 13.2 Å². The summed E-state index contributed by atoms with van der Waals surface area (Å²) in [5.74, 6) is 0.547. The Labute approximate surface area is 97.5 Å². The molecule has 92 valence electrons. The van der Waals surface area contributed by atoms with E-state index >= 15 is 0 Å². The summed E-state index contributed by atoms with van der Waals surface area (Å²) in [6.07, 6.45) is 8.92. The minimum Gasteiger partial charge on any atom is -0.353 e. The molecule has 1 unspecified atom stereocenters. The summed E-state index contributed by atoms with van der Waals surface area (Å²) in [5, 5.41) is 0. The average molecular weight is 226 g/mol. The van der Waals surface area contributed by atoms with Gasteiger partial charge >= 0.3 is 0 Å². The molecule has 0 bridgehead atoms. The fraction of sp³-hybridized carbons (Fsp3) is 0.923. The maximum atomic E-state index is 11.9. The molecule has 1 atom stereocenters. The van der Waals surface area contributed by atoms with E-state index in [1.54, 1.807) is 0 Å². The van der Waals surface area contributed by atoms with Gasteiger partial charge in [0.1, 0.15) is 6.61 Å². The number of ether oxygens (including phenoxy) is 2. The third-order valence-electron chi connectivity index (χ3n) is 3.61. The van der Waals surface area contributed by atoms with E-state index in [0.717, 1.165) is 38.7 Å². The van der Waals surface area contributed by atoms with Gasteiger partial charge in [0.15, 0.2) is 12.1 Å². The summed E-state index contributed by atoms with van der Waals surface area (Å²) in [6.45, 7) is 1.04. The molecule has 1 aliphatic carbocycles. The van der Waals surface area contributed by atoms with Gasteiger partial charge in [-0.25, -0.2) is 0 Å². The van der Waals surface area contributed by atoms with Gasteiger partial charge in [-0.2, -0.15) is 0 Å². The van der Waals surface area contributed by atoms with Crippen molar-refractivity contribution >= 4 is 5.78 Å². The predicted molar refractivity (Wildman–Crippen MR) is 61.1 cm³/mol. The van der Waals surface area contributed by atoms with Crippen LogP contribution < -0.4 is 0 Å². The molecular formula is C13H22O3. The van der Waals surface area contributed by atoms with E-state index in [2.05, 4.69) is 0 Å². The van der Waals surface area contributed by atoms with E-state index in [1.807, 2.05) is 0 Å². The summed E-state index contributed by atoms with van der Waals surface area (Å²) < 4.78 is 11.0. The van der Waals surface area contributed by atoms with Crippen LogP contribution >= 0.6 is 0 Å². The molecular weight excluding hydrogens is 204 g/mol. The molecule has 0 aromatic heterocycles. The molecule has 2 aliphatic rings. The van der Waals surface area contributed by atoms with Crippen LogP contribution in [0.25, 0.3) is 0 Å². The van der Waals surface area contributed by atoms with Crippen molar-refractivity contribution in [1.82, 2.24) is 0 Å². The SMILES string of the molecule is O=C(COC1CCCCO1)C1CCCCC1. The number of carbonyl (C=O) groups is 1. The van der Waals surface area contributed by atoms with Gasteiger partial charge in [-0.1, -0.05) is 19.3 Å². The molecule has 2 fully saturated rings. The molecule has 0 spiro atoms. The van der Waals surface area contributed by atoms with Crippen molar-refractivity contribution in [3.63, 3.8) is 0 Å². The highest BCUT2D eigenvalue weighted by atomic mass is 16.7. The minimum absolute atomic E-state index is 0.124. The van der Waals surface area contributed by atoms with E-state index < -0.39 is 0 Å². The standard InChI is InChI=1S/C13H22O3/c14-12(11-6-2-1-3-7-11)10-16-13-8-4-5-9-15-13/h11,13H,1-10H2. The van der Waals surface area contributed by atoms with Crippen molar-refractivity contribution in [2.24, 2.45) is 5.92 Å². The molecule has 0 amide bonds. The molecule has 0 radical (unpaired) electrons. The van der Waals surface area contributed by atoms with E-state index in [1.165, 1.54) is 19.3 Å². The first kappa shape index (κ1) is 12.1. The molecule has 1 saturated heterocycles. The zero-order valence-electron chi connectivity index (χ0n) is 9.95. The summed E-state index contributed by atoms with van der Waals surface area (Å²) in [7, 11) is 0. The molecule has 1 aliphatic heterocycles. The van der Waals surface area contributed by atoms with Gasteiger partial charge in [-0.05, 0) is 32.1 Å². The van der Waals surface area contributed by atoms with Gasteiger partial charge in [0.25, 0.3) is 0 Å². The number of hydrogen-bond donors (Lipinski definition) is 0. The normalized spacial score (nSPS) is 27.9. The van der Waals surface area contributed by atoms with Crippen LogP contribution in [0.1, 0.15) is 51.4 Å². The Morgan fingerprint density at radius 1 is 1.06 bits per heavy atom. The Morgan fingerprint density at radius 3 is 2.50 bits per heavy atom. The second-order valence-corrected chi connectivity index (χ2v) is 4.91. The Morgan fingerprint density at radius 2 is 1.81 bits per heavy atom. The number of carbonyl (C=O) groups excluding carboxylic acids is 1. The lowest BCUT2D eigenvalue weighted by atomic mass is 9.86. The lowest BCUT2D eigenvalue weighted by Crippen LogP contribution is -2.28. The molecule has 0 N–H and O–H groups in total. The van der Waals surface area contributed by atoms with Crippen molar-refractivity contribution in [3.8, 4) is 0 Å². The van der Waals surface area contributed by atoms with E-state index in [9.17, 15) is 4.79 Å². The van der Waals surface area contributed by atoms with E-state index in [4.69, 9.17) is 9.47 Å². The van der Waals surface area contributed by atoms with Crippen molar-refractivity contribution < 1.29 is 14.3 Å². The second-order valence-electron chi connectivity index (χ2n) is 4.91. The fourth-order valence-corrected chi connectivity index (χ4v) is 2.56. The van der Waals surface area contributed by atoms with Gasteiger partial charge in [0.05, 0.1) is 0 Å². The molecule has 2 rings (SSSR count). The lowest BCUT2D eigenvalue weighted by molar-refractivity contribution is -0.171. The Bertz CT molecular complexity index is 215. The predicted octanol–water partition coefficient (Wildman–Crippen LogP) is 2.68. The van der Waals surface area contributed by atoms with Crippen molar-refractivity contribution in [3.05, 3.63) is 0 Å². The molecule has 1 heterocycles. The number of ketones is 1. The van der Waals surface area contributed by atoms with E-state index in [0.29, 0.717) is 0 Å². The third kappa shape index (κ3) is 3.56. The van der Waals surface area contributed by atoms with Gasteiger partial charge in [0.2, 0.25) is 0 Å². The van der Waals surface area contributed by atoms with Crippen LogP contribution in [0.15, 0.2) is 0 Å². The number of hydrogen-bond acceptors (Lipinski definition) is 3. The quantitative estimate of drug-likeness (QED) is 0.739. The molecule has 0 aromatic rings. The topological polar surface area (TPSA) is 35.5 Å². The monoisotopic (exact) mass is 226 g/mol. The van der Waals surface area contributed by atoms with Crippen LogP contribution in [-0.2, 0) is 14.3 Å². The summed E-state index contributed by atoms with van der Waals surface area (Å²) in [6, 6.07) is 0. The highest BCUT2D eigenvalue weighted by Crippen LogP contribution is 2.24. The number of rotatable bonds is 4. The number of Topliss-reactive ketones (excluding diaryl/α,β-unsaturated/α-hetero) is 1. The van der Waals surface area contributed by atoms with Crippen LogP contribution in [0, 0.1) is 5.92 Å². The first-order valence-corrected chi connectivity index (χ1v) is 6.62. The zero-order chi connectivity index (χ0) is 11.2. The maximum Gasteiger partial charge on any atom is 0.161 e. The fourth-order valence-electron chi connectivity index (χ4n) is 2.56. The smallest absolute Gasteiger partial charge is 0.161 e. The summed E-state index contributed by atoms with van der Waals surface area (Å²) >= 11 is 0. The Balaban J connectivity index is 1.65. The van der Waals surface area contributed by atoms with Crippen LogP contribution in [-0.4, -0.2) is 25.3 Å². The Kier molecular flexibility index (Phi) is 4.79. The third-order valence-corrected chi connectivity index (χ3v) is 3.61. The highest BCUT2D eigenvalue weighted by Gasteiger charge is 2.22. The van der Waals surface area contributed by atoms with Crippen LogP contribution in [0.2, 0.25) is 0 Å². The Hall–Kier alpha value is -0.410. The van der Waals surface area contributed by atoms with Crippen LogP contribution in [0.4, 0.5) is 0 Å².